The van der Waals surface area contributed by atoms with Crippen LogP contribution in [-0.2, 0) is 0 Å². The molecule has 24 heavy (non-hydrogen) atoms. The van der Waals surface area contributed by atoms with Crippen molar-refractivity contribution in [2.45, 2.75) is 137 Å². The molecule has 0 nitrogen and oxygen atoms in total. The highest BCUT2D eigenvalue weighted by Crippen LogP contribution is 2.22. The molecule has 0 saturated carbocycles. The van der Waals surface area contributed by atoms with E-state index in [1.807, 2.05) is 0 Å². The zero-order valence-electron chi connectivity index (χ0n) is 18.0. The van der Waals surface area contributed by atoms with E-state index in [2.05, 4.69) is 34.6 Å². The zero-order chi connectivity index (χ0) is 18.0. The second-order valence-electron chi connectivity index (χ2n) is 9.08. The summed E-state index contributed by atoms with van der Waals surface area (Å²) in [6.45, 7) is 11.9. The summed E-state index contributed by atoms with van der Waals surface area (Å²) >= 11 is 0. The SMILES string of the molecule is CCCCCCCCCCCCC(C)CCC(C)CCCC(C)C. The highest BCUT2D eigenvalue weighted by Gasteiger charge is 2.07. The monoisotopic (exact) mass is 338 g/mol. The standard InChI is InChI=1S/C24H50/c1-6-7-8-9-10-11-12-13-14-15-18-23(4)20-21-24(5)19-16-17-22(2)3/h22-24H,6-21H2,1-5H3. The average Bonchev–Trinajstić information content (AvgIpc) is 2.54. The highest BCUT2D eigenvalue weighted by molar-refractivity contribution is 4.60. The van der Waals surface area contributed by atoms with Gasteiger partial charge in [0.15, 0.2) is 0 Å². The molecule has 0 amide bonds. The summed E-state index contributed by atoms with van der Waals surface area (Å²) in [6, 6.07) is 0. The Morgan fingerprint density at radius 1 is 0.417 bits per heavy atom. The van der Waals surface area contributed by atoms with Gasteiger partial charge in [-0.3, -0.25) is 0 Å². The lowest BCUT2D eigenvalue weighted by atomic mass is 9.90. The van der Waals surface area contributed by atoms with Gasteiger partial charge in [0.25, 0.3) is 0 Å². The molecule has 0 aliphatic rings. The Morgan fingerprint density at radius 2 is 0.833 bits per heavy atom. The first-order valence-corrected chi connectivity index (χ1v) is 11.6. The molecule has 0 bridgehead atoms. The topological polar surface area (TPSA) is 0 Å². The van der Waals surface area contributed by atoms with Gasteiger partial charge in [0, 0.05) is 0 Å². The Kier molecular flexibility index (Phi) is 17.8. The Hall–Kier alpha value is 0. The molecule has 0 aromatic heterocycles. The molecule has 2 atom stereocenters. The Balaban J connectivity index is 3.30. The van der Waals surface area contributed by atoms with Crippen molar-refractivity contribution in [2.24, 2.45) is 17.8 Å². The van der Waals surface area contributed by atoms with Crippen LogP contribution in [0, 0.1) is 17.8 Å². The van der Waals surface area contributed by atoms with E-state index >= 15 is 0 Å². The van der Waals surface area contributed by atoms with Crippen molar-refractivity contribution in [3.8, 4) is 0 Å². The van der Waals surface area contributed by atoms with Crippen LogP contribution in [0.25, 0.3) is 0 Å². The predicted molar refractivity (Wildman–Crippen MR) is 113 cm³/mol. The van der Waals surface area contributed by atoms with Gasteiger partial charge in [0.1, 0.15) is 0 Å². The first-order valence-electron chi connectivity index (χ1n) is 11.6. The van der Waals surface area contributed by atoms with E-state index in [9.17, 15) is 0 Å². The van der Waals surface area contributed by atoms with Crippen molar-refractivity contribution < 1.29 is 0 Å². The fraction of sp³-hybridized carbons (Fsp3) is 1.00. The Morgan fingerprint density at radius 3 is 1.29 bits per heavy atom. The minimum Gasteiger partial charge on any atom is -0.0654 e. The van der Waals surface area contributed by atoms with E-state index in [4.69, 9.17) is 0 Å². The molecule has 0 N–H and O–H groups in total. The molecule has 0 rings (SSSR count). The van der Waals surface area contributed by atoms with E-state index in [1.165, 1.54) is 103 Å². The Bertz CT molecular complexity index is 230. The van der Waals surface area contributed by atoms with Gasteiger partial charge in [-0.15, -0.1) is 0 Å². The maximum absolute atomic E-state index is 2.48. The van der Waals surface area contributed by atoms with Gasteiger partial charge in [-0.2, -0.15) is 0 Å². The maximum atomic E-state index is 2.48. The summed E-state index contributed by atoms with van der Waals surface area (Å²) in [5, 5.41) is 0. The van der Waals surface area contributed by atoms with Gasteiger partial charge in [-0.05, 0) is 17.8 Å². The first kappa shape index (κ1) is 24.0. The number of hydrogen-bond donors (Lipinski definition) is 0. The number of unbranched alkanes of at least 4 members (excludes halogenated alkanes) is 9. The lowest BCUT2D eigenvalue weighted by Gasteiger charge is -2.16. The fourth-order valence-electron chi connectivity index (χ4n) is 3.71. The van der Waals surface area contributed by atoms with Crippen LogP contribution in [0.5, 0.6) is 0 Å². The molecule has 0 heterocycles. The third-order valence-electron chi connectivity index (χ3n) is 5.68. The molecule has 0 aromatic rings. The van der Waals surface area contributed by atoms with Crippen molar-refractivity contribution in [3.05, 3.63) is 0 Å². The molecule has 0 heteroatoms. The molecule has 0 saturated heterocycles. The van der Waals surface area contributed by atoms with Crippen LogP contribution in [0.3, 0.4) is 0 Å². The lowest BCUT2D eigenvalue weighted by molar-refractivity contribution is 0.372. The highest BCUT2D eigenvalue weighted by atomic mass is 14.1. The average molecular weight is 339 g/mol. The molecule has 0 aliphatic heterocycles. The summed E-state index contributed by atoms with van der Waals surface area (Å²) in [6.07, 6.45) is 23.3. The van der Waals surface area contributed by atoms with Crippen molar-refractivity contribution in [1.29, 1.82) is 0 Å². The van der Waals surface area contributed by atoms with Gasteiger partial charge in [-0.25, -0.2) is 0 Å². The molecule has 0 aromatic carbocycles. The quantitative estimate of drug-likeness (QED) is 0.218. The Labute approximate surface area is 155 Å². The number of rotatable bonds is 18. The largest absolute Gasteiger partial charge is 0.0654 e. The molecule has 2 unspecified atom stereocenters. The van der Waals surface area contributed by atoms with Crippen LogP contribution in [0.1, 0.15) is 137 Å². The van der Waals surface area contributed by atoms with E-state index in [1.54, 1.807) is 0 Å². The predicted octanol–water partition coefficient (Wildman–Crippen LogP) is 9.18. The van der Waals surface area contributed by atoms with Crippen molar-refractivity contribution in [3.63, 3.8) is 0 Å². The molecule has 0 radical (unpaired) electrons. The van der Waals surface area contributed by atoms with Crippen LogP contribution in [-0.4, -0.2) is 0 Å². The van der Waals surface area contributed by atoms with Crippen LogP contribution >= 0.6 is 0 Å². The zero-order valence-corrected chi connectivity index (χ0v) is 18.0. The van der Waals surface area contributed by atoms with Gasteiger partial charge in [-0.1, -0.05) is 137 Å². The molecule has 0 spiro atoms. The van der Waals surface area contributed by atoms with Gasteiger partial charge < -0.3 is 0 Å². The van der Waals surface area contributed by atoms with Gasteiger partial charge in [0.2, 0.25) is 0 Å². The van der Waals surface area contributed by atoms with Crippen LogP contribution in [0.15, 0.2) is 0 Å². The lowest BCUT2D eigenvalue weighted by Crippen LogP contribution is -2.01. The minimum atomic E-state index is 0.882. The molecular formula is C24H50. The summed E-state index contributed by atoms with van der Waals surface area (Å²) < 4.78 is 0. The summed E-state index contributed by atoms with van der Waals surface area (Å²) in [7, 11) is 0. The first-order chi connectivity index (χ1) is 11.6. The second-order valence-corrected chi connectivity index (χ2v) is 9.08. The van der Waals surface area contributed by atoms with Gasteiger partial charge >= 0.3 is 0 Å². The van der Waals surface area contributed by atoms with E-state index in [0.29, 0.717) is 0 Å². The molecule has 0 fully saturated rings. The van der Waals surface area contributed by atoms with Crippen LogP contribution < -0.4 is 0 Å². The maximum Gasteiger partial charge on any atom is -0.0443 e. The van der Waals surface area contributed by atoms with Crippen LogP contribution in [0.4, 0.5) is 0 Å². The second kappa shape index (κ2) is 17.8. The number of hydrogen-bond acceptors (Lipinski definition) is 0. The molecular weight excluding hydrogens is 288 g/mol. The fourth-order valence-corrected chi connectivity index (χ4v) is 3.71. The summed E-state index contributed by atoms with van der Waals surface area (Å²) in [4.78, 5) is 0. The van der Waals surface area contributed by atoms with E-state index < -0.39 is 0 Å². The van der Waals surface area contributed by atoms with Crippen molar-refractivity contribution >= 4 is 0 Å². The normalized spacial score (nSPS) is 14.2. The van der Waals surface area contributed by atoms with Crippen molar-refractivity contribution in [1.82, 2.24) is 0 Å². The third-order valence-corrected chi connectivity index (χ3v) is 5.68. The van der Waals surface area contributed by atoms with Gasteiger partial charge in [0.05, 0.1) is 0 Å². The third kappa shape index (κ3) is 18.3. The van der Waals surface area contributed by atoms with E-state index in [0.717, 1.165) is 17.8 Å². The van der Waals surface area contributed by atoms with E-state index in [-0.39, 0.29) is 0 Å². The summed E-state index contributed by atoms with van der Waals surface area (Å²) in [5.41, 5.74) is 0. The van der Waals surface area contributed by atoms with Crippen LogP contribution in [0.2, 0.25) is 0 Å². The van der Waals surface area contributed by atoms with Crippen molar-refractivity contribution in [2.75, 3.05) is 0 Å². The summed E-state index contributed by atoms with van der Waals surface area (Å²) in [5.74, 6) is 2.78. The smallest absolute Gasteiger partial charge is 0.0443 e. The molecule has 0 aliphatic carbocycles. The minimum absolute atomic E-state index is 0.882. The molecule has 146 valence electrons.